The van der Waals surface area contributed by atoms with Crippen molar-refractivity contribution < 1.29 is 8.78 Å². The molecular formula is C2F2S2-2. The summed E-state index contributed by atoms with van der Waals surface area (Å²) in [7, 11) is 0. The Bertz CT molecular complexity index is 59.6. The van der Waals surface area contributed by atoms with Gasteiger partial charge in [0.1, 0.15) is 0 Å². The molecule has 0 saturated heterocycles. The zero-order valence-corrected chi connectivity index (χ0v) is 4.21. The molecular weight excluding hydrogens is 126 g/mol. The van der Waals surface area contributed by atoms with Gasteiger partial charge in [0.25, 0.3) is 0 Å². The van der Waals surface area contributed by atoms with Crippen LogP contribution in [0.2, 0.25) is 0 Å². The second kappa shape index (κ2) is 2.25. The zero-order chi connectivity index (χ0) is 5.15. The standard InChI is InChI=1S/C2H2F2S2/c3-1(5)2(4)6/h5-6H/p-2/b2-1-. The highest BCUT2D eigenvalue weighted by Gasteiger charge is 1.65. The smallest absolute Gasteiger partial charge is 0.0139 e. The van der Waals surface area contributed by atoms with Gasteiger partial charge in [-0.05, 0) is 10.3 Å². The highest BCUT2D eigenvalue weighted by Crippen LogP contribution is 2.00. The molecule has 0 aliphatic carbocycles. The van der Waals surface area contributed by atoms with Crippen molar-refractivity contribution in [3.8, 4) is 0 Å². The van der Waals surface area contributed by atoms with Gasteiger partial charge in [-0.25, -0.2) is 8.78 Å². The third-order valence-corrected chi connectivity index (χ3v) is 0.642. The van der Waals surface area contributed by atoms with Gasteiger partial charge in [-0.15, -0.1) is 0 Å². The van der Waals surface area contributed by atoms with Crippen molar-refractivity contribution in [1.82, 2.24) is 0 Å². The van der Waals surface area contributed by atoms with E-state index >= 15 is 0 Å². The van der Waals surface area contributed by atoms with Gasteiger partial charge in [-0.2, -0.15) is 0 Å². The highest BCUT2D eigenvalue weighted by atomic mass is 32.1. The molecule has 0 aromatic carbocycles. The van der Waals surface area contributed by atoms with Crippen molar-refractivity contribution in [2.45, 2.75) is 0 Å². The molecule has 0 rings (SSSR count). The summed E-state index contributed by atoms with van der Waals surface area (Å²) in [5.41, 5.74) is 0. The first-order valence-electron chi connectivity index (χ1n) is 1.04. The number of hydrogen-bond acceptors (Lipinski definition) is 2. The summed E-state index contributed by atoms with van der Waals surface area (Å²) in [5, 5.41) is -2.69. The first-order chi connectivity index (χ1) is 2.64. The molecule has 4 heteroatoms. The Hall–Kier alpha value is 0.0400. The van der Waals surface area contributed by atoms with Gasteiger partial charge in [-0.1, -0.05) is 0 Å². The molecule has 0 aromatic rings. The van der Waals surface area contributed by atoms with Crippen LogP contribution in [0, 0.1) is 0 Å². The normalized spacial score (nSPS) is 13.7. The van der Waals surface area contributed by atoms with E-state index < -0.39 is 10.3 Å². The molecule has 0 bridgehead atoms. The maximum absolute atomic E-state index is 11.0. The Morgan fingerprint density at radius 3 is 1.17 bits per heavy atom. The third kappa shape index (κ3) is 2.29. The molecule has 0 N–H and O–H groups in total. The van der Waals surface area contributed by atoms with Gasteiger partial charge in [0.2, 0.25) is 0 Å². The lowest BCUT2D eigenvalue weighted by atomic mass is 11.1. The quantitative estimate of drug-likeness (QED) is 0.446. The molecule has 0 radical (unpaired) electrons. The first-order valence-corrected chi connectivity index (χ1v) is 1.85. The lowest BCUT2D eigenvalue weighted by Crippen LogP contribution is -1.64. The number of hydrogen-bond donors (Lipinski definition) is 0. The molecule has 0 atom stereocenters. The predicted molar refractivity (Wildman–Crippen MR) is 24.0 cm³/mol. The van der Waals surface area contributed by atoms with Crippen LogP contribution in [0.4, 0.5) is 8.78 Å². The summed E-state index contributed by atoms with van der Waals surface area (Å²) < 4.78 is 22.1. The Morgan fingerprint density at radius 1 is 1.00 bits per heavy atom. The lowest BCUT2D eigenvalue weighted by Gasteiger charge is -2.04. The van der Waals surface area contributed by atoms with Crippen LogP contribution in [0.25, 0.3) is 0 Å². The molecule has 0 aliphatic rings. The monoisotopic (exact) mass is 126 g/mol. The molecule has 0 fully saturated rings. The van der Waals surface area contributed by atoms with Crippen LogP contribution in [-0.2, 0) is 25.3 Å². The summed E-state index contributed by atoms with van der Waals surface area (Å²) >= 11 is 7.27. The summed E-state index contributed by atoms with van der Waals surface area (Å²) in [6, 6.07) is 0. The summed E-state index contributed by atoms with van der Waals surface area (Å²) in [4.78, 5) is 0. The van der Waals surface area contributed by atoms with Crippen LogP contribution in [0.15, 0.2) is 10.3 Å². The molecule has 0 saturated carbocycles. The van der Waals surface area contributed by atoms with Gasteiger partial charge >= 0.3 is 0 Å². The molecule has 0 nitrogen and oxygen atoms in total. The molecule has 0 amide bonds. The average molecular weight is 126 g/mol. The molecule has 0 unspecified atom stereocenters. The number of halogens is 2. The number of rotatable bonds is 0. The van der Waals surface area contributed by atoms with E-state index in [1.54, 1.807) is 0 Å². The van der Waals surface area contributed by atoms with Crippen molar-refractivity contribution in [3.63, 3.8) is 0 Å². The Balaban J connectivity index is 3.68. The largest absolute Gasteiger partial charge is 0.749 e. The Kier molecular flexibility index (Phi) is 2.27. The van der Waals surface area contributed by atoms with Crippen LogP contribution in [-0.4, -0.2) is 0 Å². The fourth-order valence-corrected chi connectivity index (χ4v) is 0. The fourth-order valence-electron chi connectivity index (χ4n) is 0. The van der Waals surface area contributed by atoms with Crippen LogP contribution in [0.3, 0.4) is 0 Å². The maximum Gasteiger partial charge on any atom is -0.0139 e. The van der Waals surface area contributed by atoms with Gasteiger partial charge < -0.3 is 25.3 Å². The van der Waals surface area contributed by atoms with Gasteiger partial charge in [-0.3, -0.25) is 0 Å². The first kappa shape index (κ1) is 6.04. The SMILES string of the molecule is F/C([S-])=C(\F)[S-]. The van der Waals surface area contributed by atoms with Crippen molar-refractivity contribution >= 4 is 25.3 Å². The van der Waals surface area contributed by atoms with Crippen molar-refractivity contribution in [2.24, 2.45) is 0 Å². The van der Waals surface area contributed by atoms with Gasteiger partial charge in [0.15, 0.2) is 0 Å². The molecule has 0 heterocycles. The van der Waals surface area contributed by atoms with E-state index in [1.807, 2.05) is 0 Å². The van der Waals surface area contributed by atoms with Crippen LogP contribution >= 0.6 is 0 Å². The minimum Gasteiger partial charge on any atom is -0.749 e. The fraction of sp³-hybridized carbons (Fsp3) is 0. The summed E-state index contributed by atoms with van der Waals surface area (Å²) in [6.07, 6.45) is 0. The van der Waals surface area contributed by atoms with Crippen LogP contribution < -0.4 is 0 Å². The molecule has 0 aromatic heterocycles. The van der Waals surface area contributed by atoms with E-state index in [-0.39, 0.29) is 0 Å². The summed E-state index contributed by atoms with van der Waals surface area (Å²) in [5.74, 6) is 0. The van der Waals surface area contributed by atoms with E-state index in [2.05, 4.69) is 25.3 Å². The van der Waals surface area contributed by atoms with Gasteiger partial charge in [0, 0.05) is 0 Å². The molecule has 0 spiro atoms. The minimum atomic E-state index is -1.34. The lowest BCUT2D eigenvalue weighted by molar-refractivity contribution is 0.618. The zero-order valence-electron chi connectivity index (χ0n) is 2.57. The molecule has 0 aliphatic heterocycles. The predicted octanol–water partition coefficient (Wildman–Crippen LogP) is 1.15. The summed E-state index contributed by atoms with van der Waals surface area (Å²) in [6.45, 7) is 0. The van der Waals surface area contributed by atoms with Crippen LogP contribution in [0.5, 0.6) is 0 Å². The Labute approximate surface area is 45.1 Å². The minimum absolute atomic E-state index is 1.34. The average Bonchev–Trinajstić information content (AvgIpc) is 1.36. The third-order valence-electron chi connectivity index (χ3n) is 0.155. The van der Waals surface area contributed by atoms with Crippen LogP contribution in [0.1, 0.15) is 0 Å². The molecule has 6 heavy (non-hydrogen) atoms. The van der Waals surface area contributed by atoms with E-state index in [0.717, 1.165) is 0 Å². The van der Waals surface area contributed by atoms with Crippen molar-refractivity contribution in [1.29, 1.82) is 0 Å². The second-order valence-corrected chi connectivity index (χ2v) is 1.26. The van der Waals surface area contributed by atoms with Crippen molar-refractivity contribution in [3.05, 3.63) is 10.3 Å². The highest BCUT2D eigenvalue weighted by molar-refractivity contribution is 7.67. The van der Waals surface area contributed by atoms with E-state index in [1.165, 1.54) is 0 Å². The van der Waals surface area contributed by atoms with Crippen molar-refractivity contribution in [2.75, 3.05) is 0 Å². The van der Waals surface area contributed by atoms with E-state index in [0.29, 0.717) is 0 Å². The Morgan fingerprint density at radius 2 is 1.17 bits per heavy atom. The van der Waals surface area contributed by atoms with E-state index in [9.17, 15) is 8.78 Å². The second-order valence-electron chi connectivity index (χ2n) is 0.547. The van der Waals surface area contributed by atoms with Gasteiger partial charge in [0.05, 0.1) is 0 Å². The molecule has 36 valence electrons. The van der Waals surface area contributed by atoms with E-state index in [4.69, 9.17) is 0 Å². The maximum atomic E-state index is 11.0. The topological polar surface area (TPSA) is 0 Å².